The van der Waals surface area contributed by atoms with E-state index in [0.29, 0.717) is 16.3 Å². The van der Waals surface area contributed by atoms with Gasteiger partial charge in [0.1, 0.15) is 0 Å². The maximum atomic E-state index is 10.4. The number of hydrogen-bond acceptors (Lipinski definition) is 2. The van der Waals surface area contributed by atoms with E-state index in [0.717, 1.165) is 0 Å². The van der Waals surface area contributed by atoms with Gasteiger partial charge in [0.25, 0.3) is 0 Å². The molecule has 0 radical (unpaired) electrons. The van der Waals surface area contributed by atoms with Crippen molar-refractivity contribution in [1.82, 2.24) is 0 Å². The molecule has 0 aromatic heterocycles. The highest BCUT2D eigenvalue weighted by atomic mass is 35.5. The minimum Gasteiger partial charge on any atom is -0.481 e. The number of benzene rings is 1. The first-order valence-electron chi connectivity index (χ1n) is 3.46. The molecule has 0 bridgehead atoms. The number of rotatable bonds is 2. The maximum Gasteiger partial charge on any atom is 0.307 e. The van der Waals surface area contributed by atoms with Crippen molar-refractivity contribution >= 4 is 34.9 Å². The summed E-state index contributed by atoms with van der Waals surface area (Å²) >= 11 is 11.4. The Morgan fingerprint density at radius 2 is 2.08 bits per heavy atom. The van der Waals surface area contributed by atoms with Crippen LogP contribution in [0.3, 0.4) is 0 Å². The second-order valence-corrected chi connectivity index (χ2v) is 3.37. The second kappa shape index (κ2) is 3.85. The molecule has 0 unspecified atom stereocenters. The Balaban J connectivity index is 3.13. The molecule has 5 heteroatoms. The molecule has 0 spiro atoms. The summed E-state index contributed by atoms with van der Waals surface area (Å²) in [5.74, 6) is -0.976. The molecule has 0 aliphatic rings. The Hall–Kier alpha value is -0.930. The molecule has 1 rings (SSSR count). The van der Waals surface area contributed by atoms with Crippen molar-refractivity contribution in [3.63, 3.8) is 0 Å². The minimum atomic E-state index is -0.976. The van der Waals surface area contributed by atoms with Gasteiger partial charge in [-0.2, -0.15) is 0 Å². The lowest BCUT2D eigenvalue weighted by atomic mass is 10.1. The molecule has 3 nitrogen and oxygen atoms in total. The molecular weight excluding hydrogens is 213 g/mol. The summed E-state index contributed by atoms with van der Waals surface area (Å²) in [6.45, 7) is 0. The quantitative estimate of drug-likeness (QED) is 0.751. The molecule has 70 valence electrons. The number of hydrogen-bond donors (Lipinski definition) is 2. The number of halogens is 2. The van der Waals surface area contributed by atoms with E-state index in [1.54, 1.807) is 0 Å². The van der Waals surface area contributed by atoms with Gasteiger partial charge >= 0.3 is 5.97 Å². The molecule has 13 heavy (non-hydrogen) atoms. The monoisotopic (exact) mass is 219 g/mol. The smallest absolute Gasteiger partial charge is 0.307 e. The lowest BCUT2D eigenvalue weighted by Gasteiger charge is -2.05. The van der Waals surface area contributed by atoms with Crippen molar-refractivity contribution < 1.29 is 9.90 Å². The molecule has 0 amide bonds. The van der Waals surface area contributed by atoms with Crippen LogP contribution in [0.5, 0.6) is 0 Å². The SMILES string of the molecule is Nc1cc(Cl)cc(Cl)c1CC(=O)O. The van der Waals surface area contributed by atoms with E-state index in [-0.39, 0.29) is 11.4 Å². The van der Waals surface area contributed by atoms with Crippen molar-refractivity contribution in [3.8, 4) is 0 Å². The van der Waals surface area contributed by atoms with Crippen molar-refractivity contribution in [2.75, 3.05) is 5.73 Å². The van der Waals surface area contributed by atoms with Crippen LogP contribution in [0, 0.1) is 0 Å². The molecule has 0 saturated carbocycles. The minimum absolute atomic E-state index is 0.193. The fraction of sp³-hybridized carbons (Fsp3) is 0.125. The number of carboxylic acids is 1. The summed E-state index contributed by atoms with van der Waals surface area (Å²) in [5.41, 5.74) is 6.25. The van der Waals surface area contributed by atoms with Crippen molar-refractivity contribution in [1.29, 1.82) is 0 Å². The summed E-state index contributed by atoms with van der Waals surface area (Å²) < 4.78 is 0. The Bertz CT molecular complexity index is 329. The average molecular weight is 220 g/mol. The summed E-state index contributed by atoms with van der Waals surface area (Å²) in [7, 11) is 0. The van der Waals surface area contributed by atoms with Gasteiger partial charge in [-0.15, -0.1) is 0 Å². The van der Waals surface area contributed by atoms with Gasteiger partial charge in [0.15, 0.2) is 0 Å². The summed E-state index contributed by atoms with van der Waals surface area (Å²) in [6.07, 6.45) is -0.193. The van der Waals surface area contributed by atoms with Crippen molar-refractivity contribution in [2.24, 2.45) is 0 Å². The average Bonchev–Trinajstić information content (AvgIpc) is 1.96. The molecular formula is C8H7Cl2NO2. The van der Waals surface area contributed by atoms with Gasteiger partial charge in [0.2, 0.25) is 0 Å². The fourth-order valence-electron chi connectivity index (χ4n) is 0.961. The van der Waals surface area contributed by atoms with Crippen molar-refractivity contribution in [2.45, 2.75) is 6.42 Å². The molecule has 0 fully saturated rings. The molecule has 0 aliphatic heterocycles. The first-order valence-corrected chi connectivity index (χ1v) is 4.21. The van der Waals surface area contributed by atoms with Crippen LogP contribution in [0.2, 0.25) is 10.0 Å². The molecule has 0 aliphatic carbocycles. The van der Waals surface area contributed by atoms with Gasteiger partial charge in [-0.1, -0.05) is 23.2 Å². The molecule has 3 N–H and O–H groups in total. The Morgan fingerprint density at radius 1 is 1.46 bits per heavy atom. The maximum absolute atomic E-state index is 10.4. The molecule has 1 aromatic carbocycles. The van der Waals surface area contributed by atoms with Gasteiger partial charge in [-0.3, -0.25) is 4.79 Å². The third-order valence-corrected chi connectivity index (χ3v) is 2.08. The topological polar surface area (TPSA) is 63.3 Å². The van der Waals surface area contributed by atoms with Crippen LogP contribution < -0.4 is 5.73 Å². The number of nitrogen functional groups attached to an aromatic ring is 1. The Labute approximate surface area is 85.1 Å². The van der Waals surface area contributed by atoms with E-state index in [2.05, 4.69) is 0 Å². The summed E-state index contributed by atoms with van der Waals surface area (Å²) in [6, 6.07) is 2.95. The van der Waals surface area contributed by atoms with Gasteiger partial charge in [0.05, 0.1) is 6.42 Å². The zero-order valence-electron chi connectivity index (χ0n) is 6.55. The highest BCUT2D eigenvalue weighted by molar-refractivity contribution is 6.35. The van der Waals surface area contributed by atoms with Gasteiger partial charge < -0.3 is 10.8 Å². The van der Waals surface area contributed by atoms with Crippen LogP contribution in [0.1, 0.15) is 5.56 Å². The van der Waals surface area contributed by atoms with Crippen molar-refractivity contribution in [3.05, 3.63) is 27.7 Å². The standard InChI is InChI=1S/C8H7Cl2NO2/c9-4-1-6(10)5(3-8(12)13)7(11)2-4/h1-2H,3,11H2,(H,12,13). The zero-order valence-corrected chi connectivity index (χ0v) is 8.06. The molecule has 0 heterocycles. The van der Waals surface area contributed by atoms with Crippen LogP contribution in [-0.2, 0) is 11.2 Å². The number of aliphatic carboxylic acids is 1. The predicted molar refractivity (Wildman–Crippen MR) is 52.2 cm³/mol. The highest BCUT2D eigenvalue weighted by Gasteiger charge is 2.10. The Morgan fingerprint density at radius 3 is 2.54 bits per heavy atom. The number of carboxylic acid groups (broad SMARTS) is 1. The molecule has 0 atom stereocenters. The van der Waals surface area contributed by atoms with Gasteiger partial charge in [0, 0.05) is 21.3 Å². The normalized spacial score (nSPS) is 10.0. The van der Waals surface area contributed by atoms with Crippen LogP contribution in [0.15, 0.2) is 12.1 Å². The largest absolute Gasteiger partial charge is 0.481 e. The third kappa shape index (κ3) is 2.50. The van der Waals surface area contributed by atoms with E-state index in [4.69, 9.17) is 34.0 Å². The van der Waals surface area contributed by atoms with Gasteiger partial charge in [-0.05, 0) is 12.1 Å². The van der Waals surface area contributed by atoms with Crippen LogP contribution in [0.25, 0.3) is 0 Å². The second-order valence-electron chi connectivity index (χ2n) is 2.53. The van der Waals surface area contributed by atoms with Crippen LogP contribution in [-0.4, -0.2) is 11.1 Å². The molecule has 0 saturated heterocycles. The van der Waals surface area contributed by atoms with E-state index in [9.17, 15) is 4.79 Å². The molecule has 1 aromatic rings. The predicted octanol–water partition coefficient (Wildman–Crippen LogP) is 2.20. The summed E-state index contributed by atoms with van der Waals surface area (Å²) in [5, 5.41) is 9.22. The Kier molecular flexibility index (Phi) is 3.01. The first kappa shape index (κ1) is 10.2. The van der Waals surface area contributed by atoms with Crippen LogP contribution >= 0.6 is 23.2 Å². The van der Waals surface area contributed by atoms with E-state index in [1.807, 2.05) is 0 Å². The number of nitrogens with two attached hydrogens (primary N) is 1. The van der Waals surface area contributed by atoms with E-state index >= 15 is 0 Å². The number of carbonyl (C=O) groups is 1. The van der Waals surface area contributed by atoms with E-state index < -0.39 is 5.97 Å². The van der Waals surface area contributed by atoms with E-state index in [1.165, 1.54) is 12.1 Å². The lowest BCUT2D eigenvalue weighted by molar-refractivity contribution is -0.136. The lowest BCUT2D eigenvalue weighted by Crippen LogP contribution is -2.04. The van der Waals surface area contributed by atoms with Crippen LogP contribution in [0.4, 0.5) is 5.69 Å². The first-order chi connectivity index (χ1) is 6.00. The fourth-order valence-corrected chi connectivity index (χ4v) is 1.54. The summed E-state index contributed by atoms with van der Waals surface area (Å²) in [4.78, 5) is 10.4. The highest BCUT2D eigenvalue weighted by Crippen LogP contribution is 2.27. The number of anilines is 1. The third-order valence-electron chi connectivity index (χ3n) is 1.52. The zero-order chi connectivity index (χ0) is 10.0. The van der Waals surface area contributed by atoms with Gasteiger partial charge in [-0.25, -0.2) is 0 Å².